The van der Waals surface area contributed by atoms with E-state index in [4.69, 9.17) is 28.4 Å². The summed E-state index contributed by atoms with van der Waals surface area (Å²) in [7, 11) is 0. The van der Waals surface area contributed by atoms with E-state index < -0.39 is 98.3 Å². The molecule has 2 N–H and O–H groups in total. The molecule has 20 nitrogen and oxygen atoms in total. The molecule has 2 aliphatic rings. The second-order valence-corrected chi connectivity index (χ2v) is 21.0. The third kappa shape index (κ3) is 17.1. The molecule has 0 spiro atoms. The van der Waals surface area contributed by atoms with Gasteiger partial charge in [-0.1, -0.05) is 36.4 Å². The highest BCUT2D eigenvalue weighted by molar-refractivity contribution is 6.09. The van der Waals surface area contributed by atoms with Gasteiger partial charge in [-0.3, -0.25) is 29.1 Å². The van der Waals surface area contributed by atoms with Crippen LogP contribution >= 0.6 is 0 Å². The van der Waals surface area contributed by atoms with E-state index in [0.29, 0.717) is 33.3 Å². The zero-order chi connectivity index (χ0) is 60.7. The Morgan fingerprint density at radius 2 is 0.965 bits per heavy atom. The lowest BCUT2D eigenvalue weighted by Crippen LogP contribution is -2.43. The van der Waals surface area contributed by atoms with Crippen molar-refractivity contribution in [2.45, 2.75) is 63.1 Å². The van der Waals surface area contributed by atoms with Gasteiger partial charge in [0.2, 0.25) is 11.8 Å². The molecule has 2 aromatic heterocycles. The van der Waals surface area contributed by atoms with E-state index >= 15 is 0 Å². The van der Waals surface area contributed by atoms with Crippen LogP contribution in [0.15, 0.2) is 109 Å². The van der Waals surface area contributed by atoms with Gasteiger partial charge in [0.15, 0.2) is 0 Å². The van der Waals surface area contributed by atoms with Crippen LogP contribution in [0.2, 0.25) is 0 Å². The van der Waals surface area contributed by atoms with E-state index in [1.165, 1.54) is 29.4 Å². The minimum atomic E-state index is -3.17. The number of carbonyl (C=O) groups excluding carboxylic acids is 5. The van der Waals surface area contributed by atoms with Crippen LogP contribution in [0.5, 0.6) is 11.5 Å². The quantitative estimate of drug-likeness (QED) is 0.0409. The van der Waals surface area contributed by atoms with Gasteiger partial charge < -0.3 is 53.8 Å². The molecular formula is C61H63F4N9O11. The first-order chi connectivity index (χ1) is 40.7. The van der Waals surface area contributed by atoms with E-state index in [1.807, 2.05) is 36.4 Å². The third-order valence-corrected chi connectivity index (χ3v) is 13.7. The zero-order valence-electron chi connectivity index (χ0n) is 47.0. The number of benzene rings is 4. The lowest BCUT2D eigenvalue weighted by atomic mass is 10.0. The number of hydrogen-bond acceptors (Lipinski definition) is 15. The highest BCUT2D eigenvalue weighted by atomic mass is 19.3. The Labute approximate surface area is 487 Å². The zero-order valence-corrected chi connectivity index (χ0v) is 47.0. The Balaban J connectivity index is 0.713. The lowest BCUT2D eigenvalue weighted by molar-refractivity contribution is -0.132. The molecule has 2 fully saturated rings. The molecule has 0 unspecified atom stereocenters. The van der Waals surface area contributed by atoms with Crippen LogP contribution in [0.1, 0.15) is 54.3 Å². The Kier molecular flexibility index (Phi) is 20.5. The maximum absolute atomic E-state index is 13.9. The van der Waals surface area contributed by atoms with Crippen molar-refractivity contribution in [3.63, 3.8) is 0 Å². The average molecular weight is 1170 g/mol. The van der Waals surface area contributed by atoms with E-state index in [-0.39, 0.29) is 77.1 Å². The van der Waals surface area contributed by atoms with Gasteiger partial charge in [0.25, 0.3) is 23.7 Å². The summed E-state index contributed by atoms with van der Waals surface area (Å²) in [5, 5.41) is 24.5. The van der Waals surface area contributed by atoms with Crippen molar-refractivity contribution >= 4 is 51.5 Å². The first kappa shape index (κ1) is 62.1. The van der Waals surface area contributed by atoms with Crippen molar-refractivity contribution in [1.82, 2.24) is 35.3 Å². The topological polar surface area (TPSA) is 248 Å². The molecule has 2 atom stereocenters. The minimum Gasteiger partial charge on any atom is -0.491 e. The monoisotopic (exact) mass is 1170 g/mol. The van der Waals surface area contributed by atoms with Gasteiger partial charge in [0.05, 0.1) is 100 Å². The molecule has 0 aliphatic carbocycles. The SMILES string of the molecule is CC(C)(C)OC(=O)N(CCOCCOCCOc1ccc(-c2ccc3nccc(C(=O)NCC(=O)N4CC(F)(F)C[C@H]4C#N)c3c2)cc1)CCOCCOc1ccc(-c2ccc3nccc(C(=O)NCC(=O)N4CC(F)(F)C[C@H]4C#N)c3c2)cc1. The number of nitrogens with one attached hydrogen (secondary N) is 2. The number of ether oxygens (including phenoxy) is 6. The highest BCUT2D eigenvalue weighted by Gasteiger charge is 2.48. The third-order valence-electron chi connectivity index (χ3n) is 13.7. The number of rotatable bonds is 25. The van der Waals surface area contributed by atoms with Gasteiger partial charge in [0, 0.05) is 49.1 Å². The maximum Gasteiger partial charge on any atom is 0.410 e. The number of alkyl halides is 4. The fraction of sp³-hybridized carbons (Fsp3) is 0.393. The van der Waals surface area contributed by atoms with Gasteiger partial charge in [-0.25, -0.2) is 22.4 Å². The van der Waals surface area contributed by atoms with Gasteiger partial charge in [0.1, 0.15) is 42.4 Å². The van der Waals surface area contributed by atoms with Gasteiger partial charge >= 0.3 is 6.09 Å². The first-order valence-corrected chi connectivity index (χ1v) is 27.4. The predicted molar refractivity (Wildman–Crippen MR) is 302 cm³/mol. The lowest BCUT2D eigenvalue weighted by Gasteiger charge is -2.27. The molecule has 5 amide bonds. The molecular weight excluding hydrogens is 1110 g/mol. The van der Waals surface area contributed by atoms with Crippen LogP contribution in [0, 0.1) is 22.7 Å². The number of hydrogen-bond donors (Lipinski definition) is 2. The Morgan fingerprint density at radius 3 is 1.36 bits per heavy atom. The number of nitrogens with zero attached hydrogens (tertiary/aromatic N) is 7. The van der Waals surface area contributed by atoms with Crippen LogP contribution in [-0.4, -0.2) is 176 Å². The summed E-state index contributed by atoms with van der Waals surface area (Å²) >= 11 is 0. The largest absolute Gasteiger partial charge is 0.491 e. The molecule has 0 saturated carbocycles. The van der Waals surface area contributed by atoms with E-state index in [2.05, 4.69) is 20.6 Å². The van der Waals surface area contributed by atoms with Crippen molar-refractivity contribution in [1.29, 1.82) is 10.5 Å². The summed E-state index contributed by atoms with van der Waals surface area (Å²) in [5.41, 5.74) is 3.99. The van der Waals surface area contributed by atoms with E-state index in [0.717, 1.165) is 32.1 Å². The van der Waals surface area contributed by atoms with E-state index in [1.54, 1.807) is 81.4 Å². The molecule has 2 aliphatic heterocycles. The standard InChI is InChI=1S/C61H63F4N9O11/c1-59(2,3)85-58(79)72(21-23-81-26-28-83-46-10-4-40(5-11-46)42-8-14-52-50(30-42)48(16-18-68-52)56(77)70-36-54(75)73-38-60(62,63)32-44(73)34-66)20-22-80-24-25-82-27-29-84-47-12-6-41(7-13-47)43-9-15-53-51(31-43)49(17-19-69-53)57(78)71-37-55(76)74-39-61(64,65)33-45(74)35-67/h4-19,30-31,44-45H,20-29,32-33,36-39H2,1-3H3,(H,70,77)(H,71,78)/t44-,45-/m0/s1. The van der Waals surface area contributed by atoms with Crippen molar-refractivity contribution in [3.05, 3.63) is 121 Å². The number of pyridine rings is 2. The van der Waals surface area contributed by atoms with Crippen LogP contribution in [0.25, 0.3) is 44.1 Å². The van der Waals surface area contributed by atoms with Crippen LogP contribution in [0.4, 0.5) is 22.4 Å². The second-order valence-electron chi connectivity index (χ2n) is 21.0. The number of aromatic nitrogens is 2. The highest BCUT2D eigenvalue weighted by Crippen LogP contribution is 2.34. The Hall–Kier alpha value is -8.97. The molecule has 4 aromatic carbocycles. The van der Waals surface area contributed by atoms with Crippen molar-refractivity contribution in [2.75, 3.05) is 92.1 Å². The second kappa shape index (κ2) is 28.1. The van der Waals surface area contributed by atoms with Gasteiger partial charge in [-0.2, -0.15) is 10.5 Å². The molecule has 85 heavy (non-hydrogen) atoms. The maximum atomic E-state index is 13.9. The minimum absolute atomic E-state index is 0.205. The fourth-order valence-electron chi connectivity index (χ4n) is 9.46. The predicted octanol–water partition coefficient (Wildman–Crippen LogP) is 7.84. The first-order valence-electron chi connectivity index (χ1n) is 27.4. The summed E-state index contributed by atoms with van der Waals surface area (Å²) < 4.78 is 90.2. The Bertz CT molecular complexity index is 3450. The van der Waals surface area contributed by atoms with Gasteiger partial charge in [-0.05, 0) is 104 Å². The number of likely N-dealkylation sites (tertiary alicyclic amines) is 2. The normalized spacial score (nSPS) is 16.1. The number of amides is 5. The molecule has 446 valence electrons. The van der Waals surface area contributed by atoms with E-state index in [9.17, 15) is 52.1 Å². The van der Waals surface area contributed by atoms with Crippen molar-refractivity contribution in [2.24, 2.45) is 0 Å². The average Bonchev–Trinajstić information content (AvgIpc) is 3.29. The summed E-state index contributed by atoms with van der Waals surface area (Å²) in [6, 6.07) is 29.3. The van der Waals surface area contributed by atoms with Crippen molar-refractivity contribution in [3.8, 4) is 45.9 Å². The molecule has 4 heterocycles. The molecule has 8 rings (SSSR count). The molecule has 6 aromatic rings. The number of nitriles is 2. The van der Waals surface area contributed by atoms with Crippen LogP contribution in [0.3, 0.4) is 0 Å². The molecule has 0 bridgehead atoms. The summed E-state index contributed by atoms with van der Waals surface area (Å²) in [6.45, 7) is 4.92. The summed E-state index contributed by atoms with van der Waals surface area (Å²) in [4.78, 5) is 76.8. The summed E-state index contributed by atoms with van der Waals surface area (Å²) in [6.07, 6.45) is 0.907. The van der Waals surface area contributed by atoms with Gasteiger partial charge in [-0.15, -0.1) is 0 Å². The fourth-order valence-corrected chi connectivity index (χ4v) is 9.46. The number of halogens is 4. The Morgan fingerprint density at radius 1 is 0.576 bits per heavy atom. The number of carbonyl (C=O) groups is 5. The van der Waals surface area contributed by atoms with Crippen molar-refractivity contribution < 1.29 is 70.0 Å². The number of fused-ring (bicyclic) bond motifs is 2. The van der Waals surface area contributed by atoms with Crippen LogP contribution in [-0.2, 0) is 28.5 Å². The smallest absolute Gasteiger partial charge is 0.410 e. The molecule has 24 heteroatoms. The van der Waals surface area contributed by atoms with Crippen LogP contribution < -0.4 is 20.1 Å². The molecule has 0 radical (unpaired) electrons. The summed E-state index contributed by atoms with van der Waals surface area (Å²) in [5.74, 6) is -7.92. The molecule has 2 saturated heterocycles.